The maximum absolute atomic E-state index is 11.8. The van der Waals surface area contributed by atoms with E-state index >= 15 is 0 Å². The fourth-order valence-electron chi connectivity index (χ4n) is 1.72. The number of halogens is 1. The van der Waals surface area contributed by atoms with Gasteiger partial charge in [-0.25, -0.2) is 4.79 Å². The largest absolute Gasteiger partial charge is 0.331 e. The first-order valence-electron chi connectivity index (χ1n) is 6.26. The molecule has 2 aromatic heterocycles. The van der Waals surface area contributed by atoms with Crippen LogP contribution in [0.2, 0.25) is 4.34 Å². The molecule has 0 unspecified atom stereocenters. The van der Waals surface area contributed by atoms with E-state index in [1.165, 1.54) is 11.3 Å². The zero-order chi connectivity index (χ0) is 14.5. The highest BCUT2D eigenvalue weighted by atomic mass is 35.5. The summed E-state index contributed by atoms with van der Waals surface area (Å²) in [4.78, 5) is 12.8. The molecule has 0 bridgehead atoms. The minimum absolute atomic E-state index is 0.0865. The van der Waals surface area contributed by atoms with Gasteiger partial charge in [0, 0.05) is 11.4 Å². The van der Waals surface area contributed by atoms with Gasteiger partial charge >= 0.3 is 6.03 Å². The molecule has 2 N–H and O–H groups in total. The number of hydrogen-bond donors (Lipinski definition) is 2. The second-order valence-corrected chi connectivity index (χ2v) is 5.97. The van der Waals surface area contributed by atoms with Crippen molar-refractivity contribution in [1.82, 2.24) is 25.4 Å². The molecule has 2 heterocycles. The Morgan fingerprint density at radius 2 is 2.35 bits per heavy atom. The molecular weight excluding hydrogens is 298 g/mol. The van der Waals surface area contributed by atoms with E-state index < -0.39 is 0 Å². The van der Waals surface area contributed by atoms with Crippen LogP contribution in [-0.2, 0) is 13.1 Å². The number of nitrogens with zero attached hydrogens (tertiary/aromatic N) is 3. The van der Waals surface area contributed by atoms with Crippen molar-refractivity contribution < 1.29 is 4.79 Å². The van der Waals surface area contributed by atoms with Crippen molar-refractivity contribution >= 4 is 29.0 Å². The monoisotopic (exact) mass is 313 g/mol. The van der Waals surface area contributed by atoms with Crippen LogP contribution in [0.15, 0.2) is 18.5 Å². The summed E-state index contributed by atoms with van der Waals surface area (Å²) in [6, 6.07) is 3.40. The molecule has 20 heavy (non-hydrogen) atoms. The third kappa shape index (κ3) is 3.71. The van der Waals surface area contributed by atoms with Crippen molar-refractivity contribution in [2.24, 2.45) is 0 Å². The van der Waals surface area contributed by atoms with Crippen LogP contribution in [0.1, 0.15) is 30.6 Å². The number of nitrogens with one attached hydrogen (secondary N) is 2. The maximum Gasteiger partial charge on any atom is 0.315 e. The number of aromatic nitrogens is 3. The Hall–Kier alpha value is -1.60. The van der Waals surface area contributed by atoms with Crippen molar-refractivity contribution in [2.45, 2.75) is 33.0 Å². The van der Waals surface area contributed by atoms with Gasteiger partial charge in [-0.3, -0.25) is 0 Å². The van der Waals surface area contributed by atoms with Crippen LogP contribution >= 0.6 is 22.9 Å². The highest BCUT2D eigenvalue weighted by Gasteiger charge is 2.12. The minimum Gasteiger partial charge on any atom is -0.331 e. The van der Waals surface area contributed by atoms with Gasteiger partial charge in [-0.05, 0) is 26.0 Å². The predicted octanol–water partition coefficient (Wildman–Crippen LogP) is 2.57. The van der Waals surface area contributed by atoms with E-state index in [0.717, 1.165) is 17.2 Å². The van der Waals surface area contributed by atoms with Crippen molar-refractivity contribution in [3.05, 3.63) is 33.5 Å². The highest BCUT2D eigenvalue weighted by molar-refractivity contribution is 7.16. The van der Waals surface area contributed by atoms with Gasteiger partial charge in [0.1, 0.15) is 6.33 Å². The molecule has 2 aromatic rings. The fourth-order valence-corrected chi connectivity index (χ4v) is 2.78. The summed E-state index contributed by atoms with van der Waals surface area (Å²) in [5.41, 5.74) is 0. The minimum atomic E-state index is -0.243. The third-order valence-corrected chi connectivity index (χ3v) is 4.23. The quantitative estimate of drug-likeness (QED) is 0.891. The lowest BCUT2D eigenvalue weighted by Crippen LogP contribution is -2.37. The summed E-state index contributed by atoms with van der Waals surface area (Å²) in [7, 11) is 0. The molecule has 0 radical (unpaired) electrons. The molecule has 0 aliphatic rings. The van der Waals surface area contributed by atoms with Crippen molar-refractivity contribution in [2.75, 3.05) is 0 Å². The Morgan fingerprint density at radius 1 is 1.55 bits per heavy atom. The first kappa shape index (κ1) is 14.8. The van der Waals surface area contributed by atoms with Gasteiger partial charge in [0.2, 0.25) is 0 Å². The molecule has 8 heteroatoms. The Kier molecular flexibility index (Phi) is 4.97. The standard InChI is InChI=1S/C12H16ClN5OS/c1-3-18-7-15-17-11(18)6-14-12(19)16-8(2)9-4-5-10(13)20-9/h4-5,7-8H,3,6H2,1-2H3,(H2,14,16,19)/t8-/m1/s1. The predicted molar refractivity (Wildman–Crippen MR) is 78.8 cm³/mol. The van der Waals surface area contributed by atoms with Crippen LogP contribution < -0.4 is 10.6 Å². The summed E-state index contributed by atoms with van der Waals surface area (Å²) >= 11 is 7.33. The molecule has 108 valence electrons. The zero-order valence-corrected chi connectivity index (χ0v) is 12.8. The first-order valence-corrected chi connectivity index (χ1v) is 7.46. The number of aryl methyl sites for hydroxylation is 1. The van der Waals surface area contributed by atoms with Crippen molar-refractivity contribution in [3.8, 4) is 0 Å². The van der Waals surface area contributed by atoms with Gasteiger partial charge < -0.3 is 15.2 Å². The number of carbonyl (C=O) groups is 1. The Labute approximate surface area is 126 Å². The summed E-state index contributed by atoms with van der Waals surface area (Å²) in [6.45, 7) is 5.03. The average molecular weight is 314 g/mol. The maximum atomic E-state index is 11.8. The van der Waals surface area contributed by atoms with Crippen LogP contribution in [0.4, 0.5) is 4.79 Å². The van der Waals surface area contributed by atoms with E-state index in [1.54, 1.807) is 6.33 Å². The van der Waals surface area contributed by atoms with E-state index in [-0.39, 0.29) is 12.1 Å². The number of hydrogen-bond acceptors (Lipinski definition) is 4. The lowest BCUT2D eigenvalue weighted by Gasteiger charge is -2.13. The van der Waals surface area contributed by atoms with Gasteiger partial charge in [0.15, 0.2) is 5.82 Å². The summed E-state index contributed by atoms with van der Waals surface area (Å²) in [5, 5.41) is 13.4. The first-order chi connectivity index (χ1) is 9.60. The molecule has 6 nitrogen and oxygen atoms in total. The molecule has 0 saturated heterocycles. The van der Waals surface area contributed by atoms with Gasteiger partial charge in [-0.1, -0.05) is 11.6 Å². The fraction of sp³-hybridized carbons (Fsp3) is 0.417. The second kappa shape index (κ2) is 6.71. The van der Waals surface area contributed by atoms with E-state index in [2.05, 4.69) is 20.8 Å². The van der Waals surface area contributed by atoms with E-state index in [4.69, 9.17) is 11.6 Å². The Morgan fingerprint density at radius 3 is 3.00 bits per heavy atom. The number of thiophene rings is 1. The highest BCUT2D eigenvalue weighted by Crippen LogP contribution is 2.26. The lowest BCUT2D eigenvalue weighted by molar-refractivity contribution is 0.237. The molecular formula is C12H16ClN5OS. The summed E-state index contributed by atoms with van der Waals surface area (Å²) in [6.07, 6.45) is 1.64. The van der Waals surface area contributed by atoms with Gasteiger partial charge in [-0.15, -0.1) is 21.5 Å². The molecule has 0 saturated carbocycles. The second-order valence-electron chi connectivity index (χ2n) is 4.22. The molecule has 0 aliphatic heterocycles. The molecule has 0 aliphatic carbocycles. The Balaban J connectivity index is 1.83. The lowest BCUT2D eigenvalue weighted by atomic mass is 10.3. The number of carbonyl (C=O) groups excluding carboxylic acids is 1. The number of rotatable bonds is 5. The molecule has 0 spiro atoms. The van der Waals surface area contributed by atoms with E-state index in [0.29, 0.717) is 10.9 Å². The summed E-state index contributed by atoms with van der Waals surface area (Å²) < 4.78 is 2.59. The molecule has 2 amide bonds. The van der Waals surface area contributed by atoms with Crippen LogP contribution in [0.5, 0.6) is 0 Å². The number of amides is 2. The zero-order valence-electron chi connectivity index (χ0n) is 11.3. The van der Waals surface area contributed by atoms with Gasteiger partial charge in [0.25, 0.3) is 0 Å². The van der Waals surface area contributed by atoms with Crippen molar-refractivity contribution in [3.63, 3.8) is 0 Å². The molecule has 2 rings (SSSR count). The molecule has 1 atom stereocenters. The normalized spacial score (nSPS) is 12.2. The average Bonchev–Trinajstić information content (AvgIpc) is 3.04. The third-order valence-electron chi connectivity index (χ3n) is 2.81. The SMILES string of the molecule is CCn1cnnc1CNC(=O)N[C@H](C)c1ccc(Cl)s1. The van der Waals surface area contributed by atoms with Crippen molar-refractivity contribution in [1.29, 1.82) is 0 Å². The van der Waals surface area contributed by atoms with Gasteiger partial charge in [0.05, 0.1) is 16.9 Å². The number of urea groups is 1. The summed E-state index contributed by atoms with van der Waals surface area (Å²) in [5.74, 6) is 0.731. The smallest absolute Gasteiger partial charge is 0.315 e. The van der Waals surface area contributed by atoms with Crippen LogP contribution in [-0.4, -0.2) is 20.8 Å². The molecule has 0 fully saturated rings. The van der Waals surface area contributed by atoms with Crippen LogP contribution in [0.25, 0.3) is 0 Å². The molecule has 0 aromatic carbocycles. The topological polar surface area (TPSA) is 71.8 Å². The Bertz CT molecular complexity index is 582. The van der Waals surface area contributed by atoms with E-state index in [9.17, 15) is 4.79 Å². The van der Waals surface area contributed by atoms with Crippen LogP contribution in [0.3, 0.4) is 0 Å². The van der Waals surface area contributed by atoms with E-state index in [1.807, 2.05) is 30.5 Å². The van der Waals surface area contributed by atoms with Crippen LogP contribution in [0, 0.1) is 0 Å². The van der Waals surface area contributed by atoms with Gasteiger partial charge in [-0.2, -0.15) is 0 Å².